The smallest absolute Gasteiger partial charge is 0.187 e. The second kappa shape index (κ2) is 4.35. The lowest BCUT2D eigenvalue weighted by molar-refractivity contribution is 0.599. The van der Waals surface area contributed by atoms with Gasteiger partial charge in [-0.15, -0.1) is 11.3 Å². The fraction of sp³-hybridized carbons (Fsp3) is 0.182. The number of hydrogen-bond donors (Lipinski definition) is 0. The molecule has 0 spiro atoms. The van der Waals surface area contributed by atoms with Crippen LogP contribution in [0, 0.1) is 0 Å². The first-order chi connectivity index (χ1) is 7.63. The van der Waals surface area contributed by atoms with Gasteiger partial charge in [0.05, 0.1) is 16.3 Å². The third-order valence-corrected chi connectivity index (χ3v) is 5.61. The predicted molar refractivity (Wildman–Crippen MR) is 65.3 cm³/mol. The molecule has 0 atom stereocenters. The highest BCUT2D eigenvalue weighted by atomic mass is 32.2. The minimum Gasteiger partial charge on any atom is -0.255 e. The zero-order valence-electron chi connectivity index (χ0n) is 8.75. The highest BCUT2D eigenvalue weighted by molar-refractivity contribution is 7.93. The van der Waals surface area contributed by atoms with Gasteiger partial charge in [-0.25, -0.2) is 8.42 Å². The Hall–Kier alpha value is -1.20. The van der Waals surface area contributed by atoms with Crippen molar-refractivity contribution in [3.05, 3.63) is 36.5 Å². The van der Waals surface area contributed by atoms with E-state index in [4.69, 9.17) is 0 Å². The van der Waals surface area contributed by atoms with Gasteiger partial charge in [0, 0.05) is 6.20 Å². The summed E-state index contributed by atoms with van der Waals surface area (Å²) in [5, 5.41) is 0. The number of thiophene rings is 1. The van der Waals surface area contributed by atoms with Gasteiger partial charge in [0.2, 0.25) is 0 Å². The monoisotopic (exact) mass is 253 g/mol. The normalized spacial score (nSPS) is 11.6. The van der Waals surface area contributed by atoms with Crippen LogP contribution in [0.1, 0.15) is 6.92 Å². The van der Waals surface area contributed by atoms with Crippen LogP contribution in [-0.4, -0.2) is 19.2 Å². The van der Waals surface area contributed by atoms with Crippen LogP contribution in [-0.2, 0) is 9.84 Å². The zero-order chi connectivity index (χ0) is 11.6. The Bertz CT molecular complexity index is 573. The summed E-state index contributed by atoms with van der Waals surface area (Å²) in [5.74, 6) is 0.134. The lowest BCUT2D eigenvalue weighted by Gasteiger charge is -1.95. The third kappa shape index (κ3) is 2.15. The maximum absolute atomic E-state index is 11.6. The molecule has 0 fully saturated rings. The van der Waals surface area contributed by atoms with Gasteiger partial charge in [-0.2, -0.15) is 0 Å². The van der Waals surface area contributed by atoms with Crippen molar-refractivity contribution in [3.8, 4) is 10.6 Å². The molecule has 0 bridgehead atoms. The van der Waals surface area contributed by atoms with Crippen LogP contribution >= 0.6 is 11.3 Å². The molecule has 0 aromatic carbocycles. The molecule has 16 heavy (non-hydrogen) atoms. The molecule has 2 aromatic rings. The topological polar surface area (TPSA) is 47.0 Å². The van der Waals surface area contributed by atoms with Crippen LogP contribution in [0.5, 0.6) is 0 Å². The number of aromatic nitrogens is 1. The fourth-order valence-electron chi connectivity index (χ4n) is 1.28. The summed E-state index contributed by atoms with van der Waals surface area (Å²) in [6, 6.07) is 9.04. The summed E-state index contributed by atoms with van der Waals surface area (Å²) in [7, 11) is -3.09. The average Bonchev–Trinajstić information content (AvgIpc) is 2.80. The van der Waals surface area contributed by atoms with E-state index in [0.717, 1.165) is 10.6 Å². The van der Waals surface area contributed by atoms with Gasteiger partial charge in [-0.05, 0) is 24.3 Å². The molecule has 84 valence electrons. The average molecular weight is 253 g/mol. The van der Waals surface area contributed by atoms with E-state index >= 15 is 0 Å². The molecule has 0 amide bonds. The molecule has 2 aromatic heterocycles. The maximum Gasteiger partial charge on any atom is 0.187 e. The van der Waals surface area contributed by atoms with E-state index in [1.807, 2.05) is 18.2 Å². The maximum atomic E-state index is 11.6. The van der Waals surface area contributed by atoms with Crippen LogP contribution in [0.25, 0.3) is 10.6 Å². The summed E-state index contributed by atoms with van der Waals surface area (Å²) in [4.78, 5) is 5.07. The van der Waals surface area contributed by atoms with E-state index in [1.54, 1.807) is 25.3 Å². The lowest BCUT2D eigenvalue weighted by atomic mass is 10.3. The number of sulfone groups is 1. The summed E-state index contributed by atoms with van der Waals surface area (Å²) in [6.45, 7) is 1.65. The van der Waals surface area contributed by atoms with Gasteiger partial charge in [-0.3, -0.25) is 4.98 Å². The number of pyridine rings is 1. The second-order valence-electron chi connectivity index (χ2n) is 3.24. The molecule has 0 aliphatic rings. The molecule has 2 heterocycles. The minimum absolute atomic E-state index is 0.134. The van der Waals surface area contributed by atoms with E-state index in [0.29, 0.717) is 4.21 Å². The predicted octanol–water partition coefficient (Wildman–Crippen LogP) is 2.60. The molecular formula is C11H11NO2S2. The molecule has 5 heteroatoms. The van der Waals surface area contributed by atoms with Crippen LogP contribution < -0.4 is 0 Å². The van der Waals surface area contributed by atoms with Crippen LogP contribution in [0.4, 0.5) is 0 Å². The van der Waals surface area contributed by atoms with Crippen molar-refractivity contribution in [2.45, 2.75) is 11.1 Å². The van der Waals surface area contributed by atoms with Crippen LogP contribution in [0.3, 0.4) is 0 Å². The highest BCUT2D eigenvalue weighted by Crippen LogP contribution is 2.29. The second-order valence-corrected chi connectivity index (χ2v) is 6.83. The van der Waals surface area contributed by atoms with Crippen LogP contribution in [0.15, 0.2) is 40.7 Å². The number of hydrogen-bond acceptors (Lipinski definition) is 4. The van der Waals surface area contributed by atoms with Gasteiger partial charge in [0.25, 0.3) is 0 Å². The van der Waals surface area contributed by atoms with Gasteiger partial charge in [0.15, 0.2) is 9.84 Å². The molecule has 0 aliphatic heterocycles. The van der Waals surface area contributed by atoms with Crippen molar-refractivity contribution in [2.24, 2.45) is 0 Å². The minimum atomic E-state index is -3.09. The van der Waals surface area contributed by atoms with Gasteiger partial charge >= 0.3 is 0 Å². The lowest BCUT2D eigenvalue weighted by Crippen LogP contribution is -2.00. The van der Waals surface area contributed by atoms with E-state index in [1.165, 1.54) is 11.3 Å². The van der Waals surface area contributed by atoms with E-state index in [-0.39, 0.29) is 5.75 Å². The molecular weight excluding hydrogens is 242 g/mol. The number of rotatable bonds is 3. The van der Waals surface area contributed by atoms with Crippen LogP contribution in [0.2, 0.25) is 0 Å². The largest absolute Gasteiger partial charge is 0.255 e. The Balaban J connectivity index is 2.42. The van der Waals surface area contributed by atoms with E-state index < -0.39 is 9.84 Å². The fourth-order valence-corrected chi connectivity index (χ4v) is 3.68. The summed E-state index contributed by atoms with van der Waals surface area (Å²) >= 11 is 1.27. The van der Waals surface area contributed by atoms with Crippen molar-refractivity contribution in [1.82, 2.24) is 4.98 Å². The molecule has 0 unspecified atom stereocenters. The quantitative estimate of drug-likeness (QED) is 0.844. The zero-order valence-corrected chi connectivity index (χ0v) is 10.4. The molecule has 0 N–H and O–H groups in total. The van der Waals surface area contributed by atoms with Crippen molar-refractivity contribution >= 4 is 21.2 Å². The van der Waals surface area contributed by atoms with E-state index in [2.05, 4.69) is 4.98 Å². The van der Waals surface area contributed by atoms with Gasteiger partial charge in [0.1, 0.15) is 4.21 Å². The number of nitrogens with zero attached hydrogens (tertiary/aromatic N) is 1. The molecule has 0 saturated carbocycles. The Labute approximate surface area is 98.7 Å². The Morgan fingerprint density at radius 1 is 1.25 bits per heavy atom. The summed E-state index contributed by atoms with van der Waals surface area (Å²) in [6.07, 6.45) is 1.70. The summed E-state index contributed by atoms with van der Waals surface area (Å²) in [5.41, 5.74) is 0.810. The molecule has 3 nitrogen and oxygen atoms in total. The SMILES string of the molecule is CCS(=O)(=O)c1ccc(-c2ccccn2)s1. The molecule has 0 aliphatic carbocycles. The Kier molecular flexibility index (Phi) is 3.07. The van der Waals surface area contributed by atoms with Gasteiger partial charge in [-0.1, -0.05) is 13.0 Å². The van der Waals surface area contributed by atoms with Crippen molar-refractivity contribution in [2.75, 3.05) is 5.75 Å². The van der Waals surface area contributed by atoms with Crippen molar-refractivity contribution < 1.29 is 8.42 Å². The van der Waals surface area contributed by atoms with Crippen molar-refractivity contribution in [3.63, 3.8) is 0 Å². The molecule has 2 rings (SSSR count). The highest BCUT2D eigenvalue weighted by Gasteiger charge is 2.15. The summed E-state index contributed by atoms with van der Waals surface area (Å²) < 4.78 is 23.7. The van der Waals surface area contributed by atoms with Gasteiger partial charge < -0.3 is 0 Å². The Morgan fingerprint density at radius 2 is 2.06 bits per heavy atom. The van der Waals surface area contributed by atoms with Crippen molar-refractivity contribution in [1.29, 1.82) is 0 Å². The van der Waals surface area contributed by atoms with E-state index in [9.17, 15) is 8.42 Å². The first-order valence-corrected chi connectivity index (χ1v) is 7.34. The Morgan fingerprint density at radius 3 is 2.69 bits per heavy atom. The molecule has 0 radical (unpaired) electrons. The first-order valence-electron chi connectivity index (χ1n) is 4.87. The molecule has 0 saturated heterocycles. The first kappa shape index (κ1) is 11.3. The standard InChI is InChI=1S/C11H11NO2S2/c1-2-16(13,14)11-7-6-10(15-11)9-5-3-4-8-12-9/h3-8H,2H2,1H3. The third-order valence-electron chi connectivity index (χ3n) is 2.19.